The van der Waals surface area contributed by atoms with Gasteiger partial charge in [-0.1, -0.05) is 75.0 Å². The van der Waals surface area contributed by atoms with Crippen LogP contribution in [0.2, 0.25) is 5.15 Å². The number of rotatable bonds is 18. The second-order valence-electron chi connectivity index (χ2n) is 30.7. The van der Waals surface area contributed by atoms with Gasteiger partial charge in [0.25, 0.3) is 0 Å². The fourth-order valence-electron chi connectivity index (χ4n) is 14.1. The van der Waals surface area contributed by atoms with Gasteiger partial charge in [0.1, 0.15) is 60.2 Å². The van der Waals surface area contributed by atoms with E-state index in [0.717, 1.165) is 6.42 Å². The SMILES string of the molecule is C=C1O[C@@H](n2cnc3c(N(C)CC)nc(N)nc32)[C@](C)(F)[C@@H]1O.C=C1O[C@@H](n2cnc3c(N(C)CC)nc(NC(=O)C(C)C)nc32)[C@](C)(F)[C@@H]1O.CCN(C)c1nc(N)nc2c1ncn2[C@@H]1O[C@H](CI)[C@@H](O)[C@@]1(C)F.CCN(C)c1nc(N)nc2c1ncn2[C@@H]1O[C@H](CO)[C@@H](O)[C@@]1(C)F.CC[C@H]1O[C@@H](n2cnc3c(Cl)nc(N)nc32)[C@](C)(F)[C@@H]1C. The lowest BCUT2D eigenvalue weighted by molar-refractivity contribution is -0.118. The van der Waals surface area contributed by atoms with Gasteiger partial charge in [0.05, 0.1) is 37.8 Å². The molecule has 1 amide bonds. The Morgan fingerprint density at radius 3 is 1.12 bits per heavy atom. The van der Waals surface area contributed by atoms with Gasteiger partial charge in [0, 0.05) is 70.6 Å². The summed E-state index contributed by atoms with van der Waals surface area (Å²) in [6, 6.07) is 0. The number of nitrogens with one attached hydrogen (secondary N) is 1. The van der Waals surface area contributed by atoms with Crippen LogP contribution in [0.5, 0.6) is 0 Å². The van der Waals surface area contributed by atoms with E-state index in [1.165, 1.54) is 84.5 Å². The summed E-state index contributed by atoms with van der Waals surface area (Å²) in [6.07, 6.45) is -4.94. The summed E-state index contributed by atoms with van der Waals surface area (Å²) in [4.78, 5) is 82.7. The van der Waals surface area contributed by atoms with Crippen LogP contribution in [0.1, 0.15) is 128 Å². The average molecular weight is 1820 g/mol. The number of fused-ring (bicyclic) bond motifs is 5. The number of anilines is 9. The number of aliphatic hydroxyl groups is 5. The molecule has 0 radical (unpaired) electrons. The third-order valence-electron chi connectivity index (χ3n) is 22.0. The first kappa shape index (κ1) is 90.8. The minimum absolute atomic E-state index is 0.0212. The number of alkyl halides is 6. The van der Waals surface area contributed by atoms with Gasteiger partial charge >= 0.3 is 0 Å². The molecule has 0 unspecified atom stereocenters. The van der Waals surface area contributed by atoms with Crippen LogP contribution in [0, 0.1) is 11.8 Å². The monoisotopic (exact) mass is 1820 g/mol. The Hall–Kier alpha value is -9.95. The molecule has 120 heavy (non-hydrogen) atoms. The molecule has 14 N–H and O–H groups in total. The number of carbonyl (C=O) groups is 1. The fraction of sp³-hybridized carbons (Fsp3) is 0.589. The van der Waals surface area contributed by atoms with E-state index in [1.54, 1.807) is 18.4 Å². The van der Waals surface area contributed by atoms with Crippen LogP contribution in [-0.4, -0.2) is 266 Å². The van der Waals surface area contributed by atoms with Crippen LogP contribution >= 0.6 is 34.2 Å². The topological polar surface area (TPSA) is 511 Å². The molecule has 5 aliphatic heterocycles. The van der Waals surface area contributed by atoms with Crippen molar-refractivity contribution in [2.75, 3.05) is 113 Å². The summed E-state index contributed by atoms with van der Waals surface area (Å²) >= 11 is 8.06. The highest BCUT2D eigenvalue weighted by atomic mass is 127. The lowest BCUT2D eigenvalue weighted by Crippen LogP contribution is -2.40. The maximum absolute atomic E-state index is 15.1. The predicted octanol–water partition coefficient (Wildman–Crippen LogP) is 6.87. The molecule has 0 saturated carbocycles. The Bertz CT molecular complexity index is 5280. The number of imidazole rings is 5. The van der Waals surface area contributed by atoms with Gasteiger partial charge < -0.3 is 91.8 Å². The third-order valence-corrected chi connectivity index (χ3v) is 23.1. The van der Waals surface area contributed by atoms with Crippen molar-refractivity contribution in [1.82, 2.24) is 97.6 Å². The number of amides is 1. The third kappa shape index (κ3) is 16.6. The van der Waals surface area contributed by atoms with E-state index in [2.05, 4.69) is 116 Å². The van der Waals surface area contributed by atoms with Gasteiger partial charge in [-0.15, -0.1) is 0 Å². The molecule has 10 aromatic rings. The van der Waals surface area contributed by atoms with Gasteiger partial charge in [-0.05, 0) is 68.7 Å². The lowest BCUT2D eigenvalue weighted by Gasteiger charge is -2.25. The number of hydrogen-bond acceptors (Lipinski definition) is 34. The molecule has 0 aliphatic carbocycles. The Labute approximate surface area is 704 Å². The Morgan fingerprint density at radius 1 is 0.500 bits per heavy atom. The zero-order chi connectivity index (χ0) is 88.4. The second-order valence-corrected chi connectivity index (χ2v) is 32.0. The number of aliphatic hydroxyl groups excluding tert-OH is 5. The van der Waals surface area contributed by atoms with E-state index in [9.17, 15) is 34.7 Å². The summed E-state index contributed by atoms with van der Waals surface area (Å²) < 4.78 is 111. The van der Waals surface area contributed by atoms with Crippen molar-refractivity contribution in [3.05, 3.63) is 61.5 Å². The molecule has 0 spiro atoms. The van der Waals surface area contributed by atoms with Crippen LogP contribution < -0.4 is 47.9 Å². The summed E-state index contributed by atoms with van der Waals surface area (Å²) in [5, 5.41) is 52.3. The number of nitrogen functional groups attached to an aromatic ring is 4. The van der Waals surface area contributed by atoms with E-state index < -0.39 is 103 Å². The lowest BCUT2D eigenvalue weighted by atomic mass is 9.88. The van der Waals surface area contributed by atoms with E-state index in [-0.39, 0.29) is 75.9 Å². The maximum Gasteiger partial charge on any atom is 0.233 e. The van der Waals surface area contributed by atoms with Crippen molar-refractivity contribution in [3.8, 4) is 0 Å². The molecule has 0 bridgehead atoms. The highest BCUT2D eigenvalue weighted by Crippen LogP contribution is 2.50. The van der Waals surface area contributed by atoms with Gasteiger partial charge in [-0.25, -0.2) is 46.9 Å². The maximum atomic E-state index is 15.1. The molecule has 5 fully saturated rings. The first-order valence-electron chi connectivity index (χ1n) is 38.4. The number of nitrogens with zero attached hydrogens (tertiary/aromatic N) is 24. The molecule has 0 aromatic carbocycles. The van der Waals surface area contributed by atoms with Crippen molar-refractivity contribution >= 4 is 149 Å². The smallest absolute Gasteiger partial charge is 0.233 e. The van der Waals surface area contributed by atoms with Crippen molar-refractivity contribution in [2.45, 2.75) is 199 Å². The molecule has 18 atom stereocenters. The summed E-state index contributed by atoms with van der Waals surface area (Å²) in [6.45, 7) is 31.0. The standard InChI is InChI=1S/C18H25FN6O3.C14H20FIN6O2.C14H21FN6O3.C14H19FN6O2.C13H17ClFN5O/c1-7-24(6)13-11-14(22-17(21-13)23-15(27)9(2)3)25(8-20-11)16-18(5,19)12(26)10(4)28-16;1-4-21(3)10-8-11(20-13(17)19-10)22(6-18-8)12-14(2,15)9(23)7(5-16)24-12;1-4-20(3)10-8-11(19-13(16)18-10)21(6-17-8)12-14(2,15)9(23)7(5-22)24-12;1-5-20(4)10-8-11(19-13(16)18-10)21(6-17-8)12-14(3,15)9(22)7(2)23-12;1-4-7-6(2)13(3,15)11(21-7)20-5-17-8-9(14)18-12(16)19-10(8)20/h8-9,12,16,26H,4,7H2,1-3,5-6H3,(H,21,22,23,27);6-7,9,12,23H,4-5H2,1-3H3,(H2,17,19,20);6-7,9,12,22-23H,4-5H2,1-3H3,(H2,16,18,19);6,9,12,22H,2,5H2,1,3-4H3,(H2,16,18,19);5-7,11H,4H2,1-3H3,(H2,16,18,19)/t12-,16-,18-;2*7-,9-,12-,14-;9-,12-,14-;6-,7-,11-,13-/m11111/s1. The first-order valence-corrected chi connectivity index (χ1v) is 40.3. The largest absolute Gasteiger partial charge is 0.469 e. The van der Waals surface area contributed by atoms with Crippen LogP contribution in [0.25, 0.3) is 55.8 Å². The molecule has 5 aliphatic rings. The summed E-state index contributed by atoms with van der Waals surface area (Å²) in [7, 11) is 7.36. The predicted molar refractivity (Wildman–Crippen MR) is 446 cm³/mol. The van der Waals surface area contributed by atoms with Crippen LogP contribution in [-0.2, 0) is 28.5 Å². The van der Waals surface area contributed by atoms with E-state index >= 15 is 17.6 Å². The Morgan fingerprint density at radius 2 is 0.808 bits per heavy atom. The van der Waals surface area contributed by atoms with Gasteiger partial charge in [0.15, 0.2) is 126 Å². The highest BCUT2D eigenvalue weighted by molar-refractivity contribution is 14.1. The van der Waals surface area contributed by atoms with Crippen LogP contribution in [0.3, 0.4) is 0 Å². The van der Waals surface area contributed by atoms with Crippen molar-refractivity contribution in [2.24, 2.45) is 11.8 Å². The molecule has 40 nitrogen and oxygen atoms in total. The molecular weight excluding hydrogens is 1720 g/mol. The molecule has 654 valence electrons. The summed E-state index contributed by atoms with van der Waals surface area (Å²) in [5.74, 6) is 1.55. The van der Waals surface area contributed by atoms with Crippen molar-refractivity contribution in [3.63, 3.8) is 0 Å². The fourth-order valence-corrected chi connectivity index (χ4v) is 15.0. The quantitative estimate of drug-likeness (QED) is 0.0181. The first-order chi connectivity index (χ1) is 56.3. The number of aromatic nitrogens is 20. The Kier molecular flexibility index (Phi) is 26.4. The van der Waals surface area contributed by atoms with Crippen LogP contribution in [0.15, 0.2) is 56.3 Å². The molecule has 47 heteroatoms. The molecule has 10 aromatic heterocycles. The van der Waals surface area contributed by atoms with Crippen molar-refractivity contribution < 1.29 is 76.0 Å². The average Bonchev–Trinajstić information content (AvgIpc) is 1.62. The Balaban J connectivity index is 0.000000147. The van der Waals surface area contributed by atoms with Crippen molar-refractivity contribution in [1.29, 1.82) is 0 Å². The molecule has 15 heterocycles. The number of carbonyl (C=O) groups excluding carboxylic acids is 1. The number of hydrogen-bond donors (Lipinski definition) is 10. The van der Waals surface area contributed by atoms with E-state index in [1.807, 2.05) is 89.3 Å². The summed E-state index contributed by atoms with van der Waals surface area (Å²) in [5.41, 5.74) is 17.1. The minimum atomic E-state index is -2.13. The van der Waals surface area contributed by atoms with Gasteiger partial charge in [-0.3, -0.25) is 32.9 Å². The van der Waals surface area contributed by atoms with Crippen LogP contribution in [0.4, 0.5) is 75.0 Å². The second kappa shape index (κ2) is 34.9. The van der Waals surface area contributed by atoms with Gasteiger partial charge in [0.2, 0.25) is 48.1 Å². The van der Waals surface area contributed by atoms with Gasteiger partial charge in [-0.2, -0.15) is 49.8 Å². The molecule has 5 saturated heterocycles. The highest BCUT2D eigenvalue weighted by Gasteiger charge is 2.59. The van der Waals surface area contributed by atoms with E-state index in [0.29, 0.717) is 104 Å². The zero-order valence-corrected chi connectivity index (χ0v) is 72.1. The number of nitrogens with two attached hydrogens (primary N) is 4. The molecule has 15 rings (SSSR count). The number of halogens is 7. The van der Waals surface area contributed by atoms with E-state index in [4.69, 9.17) is 58.2 Å². The minimum Gasteiger partial charge on any atom is -0.469 e. The normalized spacial score (nSPS) is 28.8. The zero-order valence-electron chi connectivity index (χ0n) is 69.2. The molecular formula is C73H102ClF5IN29O11. The number of ether oxygens (including phenoxy) is 5.